The molecule has 0 radical (unpaired) electrons. The second kappa shape index (κ2) is 15.2. The number of aromatic nitrogens is 3. The second-order valence-electron chi connectivity index (χ2n) is 15.0. The third kappa shape index (κ3) is 8.13. The Kier molecular flexibility index (Phi) is 10.5. The lowest BCUT2D eigenvalue weighted by atomic mass is 9.96. The van der Waals surface area contributed by atoms with Gasteiger partial charge in [-0.3, -0.25) is 9.69 Å². The van der Waals surface area contributed by atoms with Crippen LogP contribution in [0.3, 0.4) is 0 Å². The molecular formula is C41H45F2N7O4. The molecule has 4 N–H and O–H groups in total. The van der Waals surface area contributed by atoms with Crippen LogP contribution in [-0.4, -0.2) is 97.7 Å². The maximum absolute atomic E-state index is 15.1. The lowest BCUT2D eigenvalue weighted by molar-refractivity contribution is 0.0780. The maximum atomic E-state index is 15.1. The van der Waals surface area contributed by atoms with E-state index in [-0.39, 0.29) is 11.3 Å². The third-order valence-electron chi connectivity index (χ3n) is 10.8. The van der Waals surface area contributed by atoms with E-state index in [1.807, 2.05) is 6.07 Å². The SMILES string of the molecule is Cc1c(NC(=O)c2ccc(C(C)(C)O)cc2F)cc(F)cc1-c1ncnc2[nH]c(-c3ccc(CN4CCN(CC5CCN(C(=O)O)CC5)CC4)cc3)cc12. The maximum Gasteiger partial charge on any atom is 0.407 e. The van der Waals surface area contributed by atoms with Gasteiger partial charge in [-0.25, -0.2) is 23.5 Å². The minimum atomic E-state index is -1.28. The Labute approximate surface area is 312 Å². The Bertz CT molecular complexity index is 2170. The van der Waals surface area contributed by atoms with E-state index in [1.165, 1.54) is 54.9 Å². The van der Waals surface area contributed by atoms with Crippen LogP contribution in [0, 0.1) is 24.5 Å². The van der Waals surface area contributed by atoms with Crippen molar-refractivity contribution < 1.29 is 28.6 Å². The van der Waals surface area contributed by atoms with Crippen LogP contribution in [0.2, 0.25) is 0 Å². The molecule has 13 heteroatoms. The first-order valence-corrected chi connectivity index (χ1v) is 18.3. The van der Waals surface area contributed by atoms with Crippen molar-refractivity contribution in [3.05, 3.63) is 101 Å². The van der Waals surface area contributed by atoms with Gasteiger partial charge in [0.05, 0.1) is 16.9 Å². The number of anilines is 1. The van der Waals surface area contributed by atoms with Crippen LogP contribution in [0.1, 0.15) is 53.7 Å². The predicted octanol–water partition coefficient (Wildman–Crippen LogP) is 6.87. The summed E-state index contributed by atoms with van der Waals surface area (Å²) in [7, 11) is 0. The number of halogens is 2. The van der Waals surface area contributed by atoms with Crippen LogP contribution in [0.25, 0.3) is 33.5 Å². The zero-order valence-electron chi connectivity index (χ0n) is 30.7. The number of aliphatic hydroxyl groups is 1. The van der Waals surface area contributed by atoms with E-state index in [2.05, 4.69) is 54.3 Å². The summed E-state index contributed by atoms with van der Waals surface area (Å²) in [5.74, 6) is -1.59. The van der Waals surface area contributed by atoms with Gasteiger partial charge in [0.2, 0.25) is 0 Å². The molecule has 2 aliphatic rings. The number of carboxylic acid groups (broad SMARTS) is 1. The van der Waals surface area contributed by atoms with Gasteiger partial charge in [-0.05, 0) is 92.1 Å². The van der Waals surface area contributed by atoms with Crippen molar-refractivity contribution >= 4 is 28.7 Å². The van der Waals surface area contributed by atoms with Crippen molar-refractivity contribution in [3.63, 3.8) is 0 Å². The van der Waals surface area contributed by atoms with Gasteiger partial charge in [-0.1, -0.05) is 30.3 Å². The van der Waals surface area contributed by atoms with Crippen LogP contribution in [0.15, 0.2) is 67.0 Å². The number of hydrogen-bond acceptors (Lipinski definition) is 7. The first-order chi connectivity index (χ1) is 25.8. The van der Waals surface area contributed by atoms with Crippen molar-refractivity contribution in [3.8, 4) is 22.5 Å². The Morgan fingerprint density at radius 3 is 2.30 bits per heavy atom. The molecule has 5 aromatic rings. The number of fused-ring (bicyclic) bond motifs is 1. The number of nitrogens with zero attached hydrogens (tertiary/aromatic N) is 5. The second-order valence-corrected chi connectivity index (χ2v) is 15.0. The number of amides is 2. The summed E-state index contributed by atoms with van der Waals surface area (Å²) in [6, 6.07) is 16.8. The average molecular weight is 738 g/mol. The number of carbonyl (C=O) groups is 2. The number of carbonyl (C=O) groups excluding carboxylic acids is 1. The minimum Gasteiger partial charge on any atom is -0.465 e. The van der Waals surface area contributed by atoms with Crippen LogP contribution in [-0.2, 0) is 12.1 Å². The summed E-state index contributed by atoms with van der Waals surface area (Å²) in [4.78, 5) is 43.2. The van der Waals surface area contributed by atoms with Crippen molar-refractivity contribution in [2.24, 2.45) is 5.92 Å². The number of likely N-dealkylation sites (tertiary alicyclic amines) is 1. The highest BCUT2D eigenvalue weighted by atomic mass is 19.1. The fourth-order valence-corrected chi connectivity index (χ4v) is 7.48. The number of piperidine rings is 1. The molecule has 282 valence electrons. The van der Waals surface area contributed by atoms with E-state index in [4.69, 9.17) is 0 Å². The fraction of sp³-hybridized carbons (Fsp3) is 0.366. The van der Waals surface area contributed by atoms with Crippen LogP contribution < -0.4 is 5.32 Å². The Morgan fingerprint density at radius 2 is 1.63 bits per heavy atom. The molecule has 2 aliphatic heterocycles. The third-order valence-corrected chi connectivity index (χ3v) is 10.8. The molecule has 0 aliphatic carbocycles. The number of nitrogens with one attached hydrogen (secondary N) is 2. The van der Waals surface area contributed by atoms with E-state index >= 15 is 4.39 Å². The lowest BCUT2D eigenvalue weighted by Crippen LogP contribution is -2.48. The summed E-state index contributed by atoms with van der Waals surface area (Å²) < 4.78 is 30.0. The number of H-pyrrole nitrogens is 1. The Morgan fingerprint density at radius 1 is 0.926 bits per heavy atom. The molecular weight excluding hydrogens is 692 g/mol. The van der Waals surface area contributed by atoms with Crippen LogP contribution in [0.5, 0.6) is 0 Å². The molecule has 11 nitrogen and oxygen atoms in total. The molecule has 0 bridgehead atoms. The molecule has 7 rings (SSSR count). The summed E-state index contributed by atoms with van der Waals surface area (Å²) in [5.41, 5.74) is 4.06. The standard InChI is InChI=1S/C41H45F2N7O4/c1-25-32(19-30(42)20-35(25)47-39(51)31-9-8-29(18-34(31)43)41(2,3)54)37-33-21-36(46-38(33)45-24-44-37)28-6-4-26(5-7-28)22-48-14-16-49(17-15-48)23-27-10-12-50(13-11-27)40(52)53/h4-9,18-21,24,27,54H,10-17,22-23H2,1-3H3,(H,47,51)(H,52,53)(H,44,45,46). The summed E-state index contributed by atoms with van der Waals surface area (Å²) in [6.45, 7) is 11.9. The van der Waals surface area contributed by atoms with Gasteiger partial charge in [0.25, 0.3) is 5.91 Å². The van der Waals surface area contributed by atoms with Crippen molar-refractivity contribution in [2.45, 2.75) is 45.8 Å². The van der Waals surface area contributed by atoms with E-state index in [9.17, 15) is 24.2 Å². The zero-order chi connectivity index (χ0) is 38.1. The van der Waals surface area contributed by atoms with Crippen LogP contribution in [0.4, 0.5) is 19.3 Å². The quantitative estimate of drug-likeness (QED) is 0.129. The molecule has 2 fully saturated rings. The smallest absolute Gasteiger partial charge is 0.407 e. The summed E-state index contributed by atoms with van der Waals surface area (Å²) in [5, 5.41) is 22.8. The number of benzene rings is 3. The topological polar surface area (TPSA) is 138 Å². The summed E-state index contributed by atoms with van der Waals surface area (Å²) in [6.07, 6.45) is 2.45. The van der Waals surface area contributed by atoms with Gasteiger partial charge in [0.15, 0.2) is 0 Å². The van der Waals surface area contributed by atoms with Gasteiger partial charge in [0, 0.05) is 74.7 Å². The average Bonchev–Trinajstić information content (AvgIpc) is 3.59. The van der Waals surface area contributed by atoms with Crippen molar-refractivity contribution in [1.29, 1.82) is 0 Å². The highest BCUT2D eigenvalue weighted by Crippen LogP contribution is 2.35. The first kappa shape index (κ1) is 37.1. The van der Waals surface area contributed by atoms with E-state index in [0.717, 1.165) is 69.4 Å². The predicted molar refractivity (Wildman–Crippen MR) is 203 cm³/mol. The lowest BCUT2D eigenvalue weighted by Gasteiger charge is -2.38. The highest BCUT2D eigenvalue weighted by Gasteiger charge is 2.26. The molecule has 2 saturated heterocycles. The molecule has 4 heterocycles. The molecule has 0 atom stereocenters. The minimum absolute atomic E-state index is 0.179. The van der Waals surface area contributed by atoms with Crippen molar-refractivity contribution in [1.82, 2.24) is 29.7 Å². The Hall–Kier alpha value is -5.24. The monoisotopic (exact) mass is 737 g/mol. The zero-order valence-corrected chi connectivity index (χ0v) is 30.7. The van der Waals surface area contributed by atoms with E-state index in [1.54, 1.807) is 6.92 Å². The number of aromatic amines is 1. The number of piperazine rings is 1. The van der Waals surface area contributed by atoms with E-state index < -0.39 is 29.2 Å². The van der Waals surface area contributed by atoms with Gasteiger partial charge in [-0.2, -0.15) is 0 Å². The summed E-state index contributed by atoms with van der Waals surface area (Å²) >= 11 is 0. The molecule has 0 spiro atoms. The molecule has 0 saturated carbocycles. The van der Waals surface area contributed by atoms with Crippen LogP contribution >= 0.6 is 0 Å². The van der Waals surface area contributed by atoms with Gasteiger partial charge >= 0.3 is 6.09 Å². The Balaban J connectivity index is 1.01. The number of rotatable bonds is 9. The largest absolute Gasteiger partial charge is 0.465 e. The number of hydrogen-bond donors (Lipinski definition) is 4. The normalized spacial score (nSPS) is 16.2. The first-order valence-electron chi connectivity index (χ1n) is 18.3. The van der Waals surface area contributed by atoms with Gasteiger partial charge in [-0.15, -0.1) is 0 Å². The molecule has 3 aromatic carbocycles. The molecule has 2 aromatic heterocycles. The molecule has 2 amide bonds. The van der Waals surface area contributed by atoms with E-state index in [0.29, 0.717) is 52.4 Å². The van der Waals surface area contributed by atoms with Gasteiger partial charge < -0.3 is 30.3 Å². The molecule has 54 heavy (non-hydrogen) atoms. The molecule has 0 unspecified atom stereocenters. The van der Waals surface area contributed by atoms with Gasteiger partial charge in [0.1, 0.15) is 23.6 Å². The fourth-order valence-electron chi connectivity index (χ4n) is 7.48. The highest BCUT2D eigenvalue weighted by molar-refractivity contribution is 6.06. The van der Waals surface area contributed by atoms with Crippen molar-refractivity contribution in [2.75, 3.05) is 51.1 Å².